The van der Waals surface area contributed by atoms with Gasteiger partial charge in [0, 0.05) is 5.56 Å². The van der Waals surface area contributed by atoms with Crippen LogP contribution in [0.15, 0.2) is 30.6 Å². The fourth-order valence-corrected chi connectivity index (χ4v) is 1.57. The summed E-state index contributed by atoms with van der Waals surface area (Å²) in [5, 5.41) is 8.10. The fourth-order valence-electron chi connectivity index (χ4n) is 1.57. The standard InChI is InChI=1S/C12H13N5O.C2H6/c1-18-8-4-2-7(3-5-8)10(13)9-11(14)16-6-17-12(9)15;1-2/h2-6,13H,1H3,(H4,14,15,16,17);1-2H3. The number of ether oxygens (including phenoxy) is 1. The fraction of sp³-hybridized carbons (Fsp3) is 0.214. The molecule has 0 amide bonds. The van der Waals surface area contributed by atoms with Crippen LogP contribution in [0.4, 0.5) is 11.6 Å². The molecular weight excluding hydrogens is 254 g/mol. The van der Waals surface area contributed by atoms with Crippen molar-refractivity contribution >= 4 is 17.3 Å². The molecule has 6 heteroatoms. The number of hydrogen-bond donors (Lipinski definition) is 3. The lowest BCUT2D eigenvalue weighted by Crippen LogP contribution is -2.11. The molecule has 1 heterocycles. The van der Waals surface area contributed by atoms with Crippen LogP contribution in [0.1, 0.15) is 25.0 Å². The summed E-state index contributed by atoms with van der Waals surface area (Å²) in [5.74, 6) is 1.11. The van der Waals surface area contributed by atoms with E-state index in [1.807, 2.05) is 13.8 Å². The smallest absolute Gasteiger partial charge is 0.138 e. The molecule has 2 aromatic rings. The molecule has 0 saturated carbocycles. The normalized spacial score (nSPS) is 9.35. The van der Waals surface area contributed by atoms with Crippen molar-refractivity contribution in [1.82, 2.24) is 9.97 Å². The summed E-state index contributed by atoms with van der Waals surface area (Å²) < 4.78 is 5.06. The van der Waals surface area contributed by atoms with Crippen LogP contribution >= 0.6 is 0 Å². The zero-order valence-corrected chi connectivity index (χ0v) is 11.8. The second-order valence-corrected chi connectivity index (χ2v) is 3.62. The second kappa shape index (κ2) is 7.08. The SMILES string of the molecule is CC.COc1ccc(C(=N)c2c(N)ncnc2N)cc1. The first-order valence-corrected chi connectivity index (χ1v) is 6.22. The average Bonchev–Trinajstić information content (AvgIpc) is 2.49. The van der Waals surface area contributed by atoms with Gasteiger partial charge < -0.3 is 16.2 Å². The quantitative estimate of drug-likeness (QED) is 0.741. The summed E-state index contributed by atoms with van der Waals surface area (Å²) in [6, 6.07) is 7.04. The van der Waals surface area contributed by atoms with Crippen LogP contribution in [-0.2, 0) is 0 Å². The molecular formula is C14H19N5O. The van der Waals surface area contributed by atoms with Crippen molar-refractivity contribution in [2.45, 2.75) is 13.8 Å². The summed E-state index contributed by atoms with van der Waals surface area (Å²) in [6.07, 6.45) is 1.27. The number of benzene rings is 1. The number of nitrogens with one attached hydrogen (secondary N) is 1. The van der Waals surface area contributed by atoms with Crippen molar-refractivity contribution in [3.05, 3.63) is 41.7 Å². The second-order valence-electron chi connectivity index (χ2n) is 3.62. The number of methoxy groups -OCH3 is 1. The molecule has 1 aromatic carbocycles. The Morgan fingerprint density at radius 1 is 1.05 bits per heavy atom. The molecule has 0 aliphatic heterocycles. The highest BCUT2D eigenvalue weighted by atomic mass is 16.5. The Hall–Kier alpha value is -2.63. The van der Waals surface area contributed by atoms with E-state index >= 15 is 0 Å². The highest BCUT2D eigenvalue weighted by Gasteiger charge is 2.13. The third-order valence-electron chi connectivity index (χ3n) is 2.53. The molecule has 6 nitrogen and oxygen atoms in total. The first-order chi connectivity index (χ1) is 9.63. The van der Waals surface area contributed by atoms with Gasteiger partial charge in [-0.15, -0.1) is 0 Å². The van der Waals surface area contributed by atoms with E-state index in [-0.39, 0.29) is 17.3 Å². The molecule has 0 fully saturated rings. The van der Waals surface area contributed by atoms with E-state index < -0.39 is 0 Å². The van der Waals surface area contributed by atoms with E-state index in [1.54, 1.807) is 31.4 Å². The zero-order valence-electron chi connectivity index (χ0n) is 11.8. The van der Waals surface area contributed by atoms with Crippen molar-refractivity contribution < 1.29 is 4.74 Å². The van der Waals surface area contributed by atoms with Gasteiger partial charge >= 0.3 is 0 Å². The van der Waals surface area contributed by atoms with Gasteiger partial charge in [0.05, 0.1) is 18.4 Å². The first kappa shape index (κ1) is 15.4. The molecule has 0 aliphatic rings. The van der Waals surface area contributed by atoms with Crippen LogP contribution in [0.25, 0.3) is 0 Å². The molecule has 0 radical (unpaired) electrons. The van der Waals surface area contributed by atoms with Crippen LogP contribution in [0.2, 0.25) is 0 Å². The number of aromatic nitrogens is 2. The summed E-state index contributed by atoms with van der Waals surface area (Å²) in [4.78, 5) is 7.68. The van der Waals surface area contributed by atoms with Crippen LogP contribution < -0.4 is 16.2 Å². The van der Waals surface area contributed by atoms with Gasteiger partial charge in [-0.25, -0.2) is 9.97 Å². The molecule has 0 saturated heterocycles. The van der Waals surface area contributed by atoms with Crippen molar-refractivity contribution in [2.24, 2.45) is 0 Å². The van der Waals surface area contributed by atoms with E-state index in [0.717, 1.165) is 5.75 Å². The number of nitrogen functional groups attached to an aromatic ring is 2. The maximum atomic E-state index is 8.10. The molecule has 106 valence electrons. The van der Waals surface area contributed by atoms with Gasteiger partial charge in [-0.2, -0.15) is 0 Å². The summed E-state index contributed by atoms with van der Waals surface area (Å²) in [7, 11) is 1.58. The van der Waals surface area contributed by atoms with Gasteiger partial charge in [-0.05, 0) is 24.3 Å². The minimum absolute atomic E-state index is 0.188. The Morgan fingerprint density at radius 3 is 2.00 bits per heavy atom. The highest BCUT2D eigenvalue weighted by molar-refractivity contribution is 6.15. The Morgan fingerprint density at radius 2 is 1.55 bits per heavy atom. The lowest BCUT2D eigenvalue weighted by molar-refractivity contribution is 0.415. The Bertz CT molecular complexity index is 560. The van der Waals surface area contributed by atoms with Crippen LogP contribution in [0, 0.1) is 5.41 Å². The van der Waals surface area contributed by atoms with E-state index in [4.69, 9.17) is 21.6 Å². The summed E-state index contributed by atoms with van der Waals surface area (Å²) in [5.41, 5.74) is 12.6. The molecule has 20 heavy (non-hydrogen) atoms. The van der Waals surface area contributed by atoms with Gasteiger partial charge in [0.25, 0.3) is 0 Å². The lowest BCUT2D eigenvalue weighted by atomic mass is 10.0. The van der Waals surface area contributed by atoms with Crippen molar-refractivity contribution in [3.8, 4) is 5.75 Å². The molecule has 0 unspecified atom stereocenters. The van der Waals surface area contributed by atoms with E-state index in [1.165, 1.54) is 6.33 Å². The van der Waals surface area contributed by atoms with Gasteiger partial charge in [-0.3, -0.25) is 5.41 Å². The number of hydrogen-bond acceptors (Lipinski definition) is 6. The summed E-state index contributed by atoms with van der Waals surface area (Å²) in [6.45, 7) is 4.00. The number of nitrogens with zero attached hydrogens (tertiary/aromatic N) is 2. The van der Waals surface area contributed by atoms with E-state index in [9.17, 15) is 0 Å². The topological polar surface area (TPSA) is 111 Å². The number of rotatable bonds is 3. The van der Waals surface area contributed by atoms with Gasteiger partial charge in [0.1, 0.15) is 23.7 Å². The molecule has 0 spiro atoms. The van der Waals surface area contributed by atoms with Crippen LogP contribution in [-0.4, -0.2) is 22.8 Å². The lowest BCUT2D eigenvalue weighted by Gasteiger charge is -2.09. The molecule has 1 aromatic heterocycles. The Kier molecular flexibility index (Phi) is 5.46. The Labute approximate surface area is 118 Å². The molecule has 5 N–H and O–H groups in total. The van der Waals surface area contributed by atoms with Crippen LogP contribution in [0.3, 0.4) is 0 Å². The van der Waals surface area contributed by atoms with Crippen molar-refractivity contribution in [3.63, 3.8) is 0 Å². The van der Waals surface area contributed by atoms with Gasteiger partial charge in [0.2, 0.25) is 0 Å². The monoisotopic (exact) mass is 273 g/mol. The minimum atomic E-state index is 0.188. The third kappa shape index (κ3) is 3.23. The first-order valence-electron chi connectivity index (χ1n) is 6.22. The van der Waals surface area contributed by atoms with E-state index in [2.05, 4.69) is 9.97 Å². The van der Waals surface area contributed by atoms with Crippen molar-refractivity contribution in [2.75, 3.05) is 18.6 Å². The number of anilines is 2. The molecule has 0 bridgehead atoms. The molecule has 0 aliphatic carbocycles. The van der Waals surface area contributed by atoms with Gasteiger partial charge in [0.15, 0.2) is 0 Å². The van der Waals surface area contributed by atoms with Crippen LogP contribution in [0.5, 0.6) is 5.75 Å². The minimum Gasteiger partial charge on any atom is -0.497 e. The summed E-state index contributed by atoms with van der Waals surface area (Å²) >= 11 is 0. The maximum absolute atomic E-state index is 8.10. The van der Waals surface area contributed by atoms with Crippen molar-refractivity contribution in [1.29, 1.82) is 5.41 Å². The largest absolute Gasteiger partial charge is 0.497 e. The predicted octanol–water partition coefficient (Wildman–Crippen LogP) is 2.09. The zero-order chi connectivity index (χ0) is 15.1. The molecule has 2 rings (SSSR count). The average molecular weight is 273 g/mol. The number of nitrogens with two attached hydrogens (primary N) is 2. The maximum Gasteiger partial charge on any atom is 0.138 e. The third-order valence-corrected chi connectivity index (χ3v) is 2.53. The Balaban J connectivity index is 0.000000956. The predicted molar refractivity (Wildman–Crippen MR) is 81.1 cm³/mol. The van der Waals surface area contributed by atoms with Gasteiger partial charge in [-0.1, -0.05) is 13.8 Å². The van der Waals surface area contributed by atoms with E-state index in [0.29, 0.717) is 11.1 Å². The highest BCUT2D eigenvalue weighted by Crippen LogP contribution is 2.20. The molecule has 0 atom stereocenters.